The Kier molecular flexibility index (Phi) is 5.08. The monoisotopic (exact) mass is 258 g/mol. The van der Waals surface area contributed by atoms with Crippen molar-refractivity contribution in [2.75, 3.05) is 20.1 Å². The van der Waals surface area contributed by atoms with E-state index in [1.807, 2.05) is 0 Å². The minimum Gasteiger partial charge on any atom is -0.479 e. The molecule has 7 nitrogen and oxygen atoms in total. The molecule has 7 heteroatoms. The van der Waals surface area contributed by atoms with Gasteiger partial charge in [0.25, 0.3) is 5.91 Å². The van der Waals surface area contributed by atoms with E-state index in [0.717, 1.165) is 0 Å². The quantitative estimate of drug-likeness (QED) is 0.674. The molecule has 0 aliphatic carbocycles. The number of nitrogens with one attached hydrogen (secondary N) is 1. The second kappa shape index (κ2) is 6.34. The van der Waals surface area contributed by atoms with Gasteiger partial charge in [-0.15, -0.1) is 0 Å². The lowest BCUT2D eigenvalue weighted by Crippen LogP contribution is -2.43. The minimum atomic E-state index is -1.06. The van der Waals surface area contributed by atoms with E-state index in [4.69, 9.17) is 9.84 Å². The molecule has 1 aliphatic rings. The molecule has 0 spiro atoms. The van der Waals surface area contributed by atoms with Gasteiger partial charge in [0.05, 0.1) is 6.54 Å². The second-order valence-corrected chi connectivity index (χ2v) is 4.18. The molecule has 2 amide bonds. The molecule has 0 aromatic heterocycles. The maximum Gasteiger partial charge on any atom is 0.332 e. The number of hydrogen-bond donors (Lipinski definition) is 2. The molecule has 1 saturated heterocycles. The van der Waals surface area contributed by atoms with Gasteiger partial charge in [0.15, 0.2) is 6.10 Å². The van der Waals surface area contributed by atoms with E-state index in [9.17, 15) is 14.4 Å². The van der Waals surface area contributed by atoms with Crippen molar-refractivity contribution >= 4 is 17.8 Å². The number of rotatable bonds is 5. The third kappa shape index (κ3) is 3.69. The highest BCUT2D eigenvalue weighted by molar-refractivity contribution is 5.87. The summed E-state index contributed by atoms with van der Waals surface area (Å²) in [6.07, 6.45) is -0.988. The van der Waals surface area contributed by atoms with Crippen LogP contribution < -0.4 is 5.32 Å². The van der Waals surface area contributed by atoms with E-state index in [-0.39, 0.29) is 18.4 Å². The van der Waals surface area contributed by atoms with E-state index in [1.165, 1.54) is 11.9 Å². The summed E-state index contributed by atoms with van der Waals surface area (Å²) in [6, 6.07) is 0. The van der Waals surface area contributed by atoms with Crippen molar-refractivity contribution in [3.8, 4) is 0 Å². The van der Waals surface area contributed by atoms with Crippen LogP contribution >= 0.6 is 0 Å². The number of aliphatic carboxylic acids is 1. The highest BCUT2D eigenvalue weighted by Gasteiger charge is 2.36. The highest BCUT2D eigenvalue weighted by atomic mass is 16.5. The van der Waals surface area contributed by atoms with Crippen LogP contribution in [-0.4, -0.2) is 60.1 Å². The lowest BCUT2D eigenvalue weighted by atomic mass is 10.2. The van der Waals surface area contributed by atoms with Crippen LogP contribution in [0.1, 0.15) is 19.8 Å². The van der Waals surface area contributed by atoms with Crippen LogP contribution in [0.25, 0.3) is 0 Å². The minimum absolute atomic E-state index is 0.0513. The first-order valence-corrected chi connectivity index (χ1v) is 5.85. The SMILES string of the molecule is CCNC(=O)CN(C)C(=O)C1CCC(C(=O)O)O1. The molecule has 2 atom stereocenters. The number of carboxylic acid groups (broad SMARTS) is 1. The van der Waals surface area contributed by atoms with Crippen molar-refractivity contribution in [3.05, 3.63) is 0 Å². The fourth-order valence-corrected chi connectivity index (χ4v) is 1.79. The van der Waals surface area contributed by atoms with E-state index in [0.29, 0.717) is 19.4 Å². The molecule has 2 unspecified atom stereocenters. The van der Waals surface area contributed by atoms with Crippen molar-refractivity contribution in [1.82, 2.24) is 10.2 Å². The number of hydrogen-bond acceptors (Lipinski definition) is 4. The Labute approximate surface area is 105 Å². The molecular weight excluding hydrogens is 240 g/mol. The number of carbonyl (C=O) groups is 3. The third-order valence-corrected chi connectivity index (χ3v) is 2.70. The zero-order valence-electron chi connectivity index (χ0n) is 10.5. The van der Waals surface area contributed by atoms with Crippen LogP contribution in [0.2, 0.25) is 0 Å². The first kappa shape index (κ1) is 14.4. The average molecular weight is 258 g/mol. The van der Waals surface area contributed by atoms with E-state index >= 15 is 0 Å². The molecule has 1 aliphatic heterocycles. The summed E-state index contributed by atoms with van der Waals surface area (Å²) in [7, 11) is 1.50. The van der Waals surface area contributed by atoms with Crippen molar-refractivity contribution in [1.29, 1.82) is 0 Å². The van der Waals surface area contributed by atoms with Gasteiger partial charge in [-0.2, -0.15) is 0 Å². The predicted octanol–water partition coefficient (Wildman–Crippen LogP) is -0.787. The molecule has 0 saturated carbocycles. The van der Waals surface area contributed by atoms with Gasteiger partial charge in [-0.3, -0.25) is 9.59 Å². The maximum absolute atomic E-state index is 11.9. The fourth-order valence-electron chi connectivity index (χ4n) is 1.79. The largest absolute Gasteiger partial charge is 0.479 e. The van der Waals surface area contributed by atoms with Crippen LogP contribution in [-0.2, 0) is 19.1 Å². The van der Waals surface area contributed by atoms with Gasteiger partial charge in [-0.05, 0) is 19.8 Å². The molecule has 1 heterocycles. The van der Waals surface area contributed by atoms with Crippen LogP contribution in [0.3, 0.4) is 0 Å². The number of nitrogens with zero attached hydrogens (tertiary/aromatic N) is 1. The lowest BCUT2D eigenvalue weighted by Gasteiger charge is -2.20. The zero-order chi connectivity index (χ0) is 13.7. The summed E-state index contributed by atoms with van der Waals surface area (Å²) in [4.78, 5) is 35.1. The Morgan fingerprint density at radius 1 is 1.33 bits per heavy atom. The summed E-state index contributed by atoms with van der Waals surface area (Å²) in [5.74, 6) is -1.66. The Bertz CT molecular complexity index is 344. The topological polar surface area (TPSA) is 95.9 Å². The number of carbonyl (C=O) groups excluding carboxylic acids is 2. The highest BCUT2D eigenvalue weighted by Crippen LogP contribution is 2.21. The molecule has 1 fully saturated rings. The average Bonchev–Trinajstić information content (AvgIpc) is 2.77. The van der Waals surface area contributed by atoms with Gasteiger partial charge in [0.2, 0.25) is 5.91 Å². The van der Waals surface area contributed by atoms with Crippen molar-refractivity contribution in [2.45, 2.75) is 32.0 Å². The van der Waals surface area contributed by atoms with Crippen molar-refractivity contribution < 1.29 is 24.2 Å². The normalized spacial score (nSPS) is 22.6. The van der Waals surface area contributed by atoms with Gasteiger partial charge in [0, 0.05) is 13.6 Å². The summed E-state index contributed by atoms with van der Waals surface area (Å²) in [5, 5.41) is 11.3. The Balaban J connectivity index is 2.45. The summed E-state index contributed by atoms with van der Waals surface area (Å²) >= 11 is 0. The molecule has 102 valence electrons. The molecule has 0 bridgehead atoms. The number of ether oxygens (including phenoxy) is 1. The fraction of sp³-hybridized carbons (Fsp3) is 0.727. The number of amides is 2. The van der Waals surface area contributed by atoms with Gasteiger partial charge in [-0.25, -0.2) is 4.79 Å². The molecule has 0 radical (unpaired) electrons. The smallest absolute Gasteiger partial charge is 0.332 e. The second-order valence-electron chi connectivity index (χ2n) is 4.18. The van der Waals surface area contributed by atoms with Gasteiger partial charge >= 0.3 is 5.97 Å². The van der Waals surface area contributed by atoms with Gasteiger partial charge < -0.3 is 20.1 Å². The van der Waals surface area contributed by atoms with E-state index < -0.39 is 18.2 Å². The first-order valence-electron chi connectivity index (χ1n) is 5.85. The summed E-state index contributed by atoms with van der Waals surface area (Å²) in [5.41, 5.74) is 0. The van der Waals surface area contributed by atoms with E-state index in [1.54, 1.807) is 6.92 Å². The zero-order valence-corrected chi connectivity index (χ0v) is 10.5. The Morgan fingerprint density at radius 3 is 2.44 bits per heavy atom. The Morgan fingerprint density at radius 2 is 1.94 bits per heavy atom. The third-order valence-electron chi connectivity index (χ3n) is 2.70. The summed E-state index contributed by atoms with van der Waals surface area (Å²) in [6.45, 7) is 2.24. The number of carboxylic acids is 1. The maximum atomic E-state index is 11.9. The van der Waals surface area contributed by atoms with Crippen molar-refractivity contribution in [2.24, 2.45) is 0 Å². The molecule has 0 aromatic carbocycles. The number of likely N-dealkylation sites (N-methyl/N-ethyl adjacent to an activating group) is 2. The van der Waals surface area contributed by atoms with Crippen LogP contribution in [0.4, 0.5) is 0 Å². The van der Waals surface area contributed by atoms with Gasteiger partial charge in [-0.1, -0.05) is 0 Å². The molecule has 18 heavy (non-hydrogen) atoms. The molecule has 0 aromatic rings. The Hall–Kier alpha value is -1.63. The molecule has 1 rings (SSSR count). The summed E-state index contributed by atoms with van der Waals surface area (Å²) < 4.78 is 5.12. The lowest BCUT2D eigenvalue weighted by molar-refractivity contribution is -0.155. The van der Waals surface area contributed by atoms with Crippen LogP contribution in [0, 0.1) is 0 Å². The predicted molar refractivity (Wildman–Crippen MR) is 61.9 cm³/mol. The molecular formula is C11H18N2O5. The van der Waals surface area contributed by atoms with Crippen LogP contribution in [0.5, 0.6) is 0 Å². The first-order chi connectivity index (χ1) is 8.45. The molecule has 2 N–H and O–H groups in total. The van der Waals surface area contributed by atoms with Crippen molar-refractivity contribution in [3.63, 3.8) is 0 Å². The standard InChI is InChI=1S/C11H18N2O5/c1-3-12-9(14)6-13(2)10(15)7-4-5-8(18-7)11(16)17/h7-8H,3-6H2,1-2H3,(H,12,14)(H,16,17). The van der Waals surface area contributed by atoms with Gasteiger partial charge in [0.1, 0.15) is 6.10 Å². The van der Waals surface area contributed by atoms with E-state index in [2.05, 4.69) is 5.32 Å². The van der Waals surface area contributed by atoms with Crippen LogP contribution in [0.15, 0.2) is 0 Å².